The van der Waals surface area contributed by atoms with E-state index in [2.05, 4.69) is 94.0 Å². The predicted molar refractivity (Wildman–Crippen MR) is 203 cm³/mol. The van der Waals surface area contributed by atoms with Crippen LogP contribution in [0.3, 0.4) is 0 Å². The number of anilines is 1. The average Bonchev–Trinajstić information content (AvgIpc) is 3.30. The van der Waals surface area contributed by atoms with Gasteiger partial charge in [-0.3, -0.25) is 4.79 Å². The summed E-state index contributed by atoms with van der Waals surface area (Å²) in [6.45, 7) is 23.7. The van der Waals surface area contributed by atoms with Crippen molar-refractivity contribution in [1.82, 2.24) is 15.5 Å². The van der Waals surface area contributed by atoms with Crippen LogP contribution < -0.4 is 15.5 Å². The number of carbonyl (C=O) groups excluding carboxylic acids is 1. The minimum absolute atomic E-state index is 0.0499. The number of benzene rings is 1. The molecule has 3 unspecified atom stereocenters. The van der Waals surface area contributed by atoms with Crippen LogP contribution in [0.15, 0.2) is 52.6 Å². The average molecular weight is 687 g/mol. The first-order valence-electron chi connectivity index (χ1n) is 19.2. The van der Waals surface area contributed by atoms with Crippen LogP contribution in [0.2, 0.25) is 0 Å². The molecular formula is C42H62N4O4. The van der Waals surface area contributed by atoms with E-state index in [1.54, 1.807) is 12.7 Å². The van der Waals surface area contributed by atoms with Gasteiger partial charge in [0.2, 0.25) is 0 Å². The molecule has 4 heterocycles. The maximum atomic E-state index is 14.3. The number of nitrogens with one attached hydrogen (secondary N) is 2. The standard InChI is InChI=1S/C42H62N4O4/c1-11-45(33-14-17-50-41(8,9)24-33)37-23-32(21-34(28(37)5)40(47)43-25-35-29(6)44-27(4)20-39(35)48-10)31-12-13-36-38(22-31)46(26(2)3)30(7)42(36)15-18-49-19-16-42/h20-23,26,29-30,33,44H,11-19,24-25H2,1-10H3,(H,43,47). The molecule has 274 valence electrons. The van der Waals surface area contributed by atoms with Crippen LogP contribution in [0, 0.1) is 12.3 Å². The third kappa shape index (κ3) is 6.74. The molecule has 0 saturated carbocycles. The molecule has 2 saturated heterocycles. The van der Waals surface area contributed by atoms with Gasteiger partial charge in [-0.1, -0.05) is 0 Å². The van der Waals surface area contributed by atoms with Crippen LogP contribution in [0.1, 0.15) is 115 Å². The number of fused-ring (bicyclic) bond motifs is 1. The molecule has 8 heteroatoms. The first kappa shape index (κ1) is 36.6. The molecule has 1 aromatic rings. The lowest BCUT2D eigenvalue weighted by molar-refractivity contribution is -0.0588. The third-order valence-electron chi connectivity index (χ3n) is 12.3. The van der Waals surface area contributed by atoms with Gasteiger partial charge in [-0.05, 0) is 147 Å². The molecule has 2 N–H and O–H groups in total. The predicted octanol–water partition coefficient (Wildman–Crippen LogP) is 7.65. The number of ether oxygens (including phenoxy) is 3. The number of allylic oxidation sites excluding steroid dienone is 4. The molecule has 1 spiro atoms. The van der Waals surface area contributed by atoms with E-state index in [1.807, 2.05) is 13.0 Å². The fourth-order valence-corrected chi connectivity index (χ4v) is 9.77. The van der Waals surface area contributed by atoms with Crippen molar-refractivity contribution in [3.05, 3.63) is 69.3 Å². The van der Waals surface area contributed by atoms with Crippen molar-refractivity contribution in [2.45, 2.75) is 131 Å². The summed E-state index contributed by atoms with van der Waals surface area (Å²) in [7, 11) is 1.70. The summed E-state index contributed by atoms with van der Waals surface area (Å²) < 4.78 is 17.8. The van der Waals surface area contributed by atoms with Crippen LogP contribution in [-0.2, 0) is 14.2 Å². The Bertz CT molecular complexity index is 1590. The van der Waals surface area contributed by atoms with Crippen molar-refractivity contribution in [2.24, 2.45) is 5.41 Å². The Balaban J connectivity index is 1.42. The maximum absolute atomic E-state index is 14.3. The van der Waals surface area contributed by atoms with Gasteiger partial charge in [-0.2, -0.15) is 0 Å². The lowest BCUT2D eigenvalue weighted by atomic mass is 9.68. The van der Waals surface area contributed by atoms with E-state index in [0.29, 0.717) is 24.7 Å². The van der Waals surface area contributed by atoms with E-state index >= 15 is 0 Å². The molecule has 6 rings (SSSR count). The zero-order chi connectivity index (χ0) is 36.0. The molecule has 2 fully saturated rings. The Morgan fingerprint density at radius 1 is 1.12 bits per heavy atom. The fourth-order valence-electron chi connectivity index (χ4n) is 9.77. The maximum Gasteiger partial charge on any atom is 0.251 e. The van der Waals surface area contributed by atoms with Gasteiger partial charge in [0, 0.05) is 90.7 Å². The van der Waals surface area contributed by atoms with Crippen LogP contribution >= 0.6 is 0 Å². The number of hydrogen-bond donors (Lipinski definition) is 2. The van der Waals surface area contributed by atoms with Gasteiger partial charge in [0.1, 0.15) is 5.76 Å². The summed E-state index contributed by atoms with van der Waals surface area (Å²) in [5.74, 6) is 0.768. The fraction of sp³-hybridized carbons (Fsp3) is 0.643. The van der Waals surface area contributed by atoms with Gasteiger partial charge >= 0.3 is 0 Å². The molecule has 50 heavy (non-hydrogen) atoms. The van der Waals surface area contributed by atoms with Crippen molar-refractivity contribution in [3.8, 4) is 0 Å². The second kappa shape index (κ2) is 14.4. The minimum Gasteiger partial charge on any atom is -0.497 e. The summed E-state index contributed by atoms with van der Waals surface area (Å²) in [6.07, 6.45) is 10.6. The molecule has 0 aromatic heterocycles. The third-order valence-corrected chi connectivity index (χ3v) is 12.3. The smallest absolute Gasteiger partial charge is 0.251 e. The van der Waals surface area contributed by atoms with Crippen molar-refractivity contribution >= 4 is 17.2 Å². The number of dihydropyridines is 1. The number of hydrogen-bond acceptors (Lipinski definition) is 7. The molecule has 4 aliphatic heterocycles. The van der Waals surface area contributed by atoms with E-state index in [-0.39, 0.29) is 23.0 Å². The summed E-state index contributed by atoms with van der Waals surface area (Å²) >= 11 is 0. The Labute approximate surface area is 301 Å². The van der Waals surface area contributed by atoms with Gasteiger partial charge in [-0.25, -0.2) is 0 Å². The van der Waals surface area contributed by atoms with E-state index in [1.165, 1.54) is 11.3 Å². The normalized spacial score (nSPS) is 26.1. The summed E-state index contributed by atoms with van der Waals surface area (Å²) in [5.41, 5.74) is 10.5. The second-order valence-electron chi connectivity index (χ2n) is 16.2. The first-order chi connectivity index (χ1) is 23.8. The zero-order valence-corrected chi connectivity index (χ0v) is 32.4. The van der Waals surface area contributed by atoms with Gasteiger partial charge in [0.05, 0.1) is 12.7 Å². The highest BCUT2D eigenvalue weighted by Gasteiger charge is 2.51. The molecule has 0 bridgehead atoms. The number of carbonyl (C=O) groups is 1. The highest BCUT2D eigenvalue weighted by molar-refractivity contribution is 5.98. The van der Waals surface area contributed by atoms with Gasteiger partial charge in [0.25, 0.3) is 5.91 Å². The SMILES string of the molecule is CCN(c1cc(C2=CC3=C(CC2)C2(CCOCC2)C(C)N3C(C)C)cc(C(=O)NCC2=C(OC)C=C(C)NC2C)c1C)C1CCOC(C)(C)C1. The molecule has 0 radical (unpaired) electrons. The molecule has 1 aliphatic carbocycles. The lowest BCUT2D eigenvalue weighted by Gasteiger charge is -2.43. The molecule has 3 atom stereocenters. The zero-order valence-electron chi connectivity index (χ0n) is 32.4. The Morgan fingerprint density at radius 2 is 1.86 bits per heavy atom. The Morgan fingerprint density at radius 3 is 2.52 bits per heavy atom. The first-order valence-corrected chi connectivity index (χ1v) is 19.2. The van der Waals surface area contributed by atoms with Crippen LogP contribution in [0.4, 0.5) is 5.69 Å². The van der Waals surface area contributed by atoms with Crippen LogP contribution in [-0.4, -0.2) is 80.6 Å². The van der Waals surface area contributed by atoms with Crippen molar-refractivity contribution < 1.29 is 19.0 Å². The molecule has 1 amide bonds. The van der Waals surface area contributed by atoms with E-state index < -0.39 is 0 Å². The Hall–Kier alpha value is -3.23. The number of amides is 1. The highest BCUT2D eigenvalue weighted by atomic mass is 16.5. The number of methoxy groups -OCH3 is 1. The van der Waals surface area contributed by atoms with Crippen molar-refractivity contribution in [2.75, 3.05) is 44.9 Å². The molecule has 8 nitrogen and oxygen atoms in total. The summed E-state index contributed by atoms with van der Waals surface area (Å²) in [5, 5.41) is 6.78. The minimum atomic E-state index is -0.180. The Kier molecular flexibility index (Phi) is 10.5. The summed E-state index contributed by atoms with van der Waals surface area (Å²) in [6, 6.07) is 5.78. The topological polar surface area (TPSA) is 75.3 Å². The number of nitrogens with zero attached hydrogens (tertiary/aromatic N) is 2. The quantitative estimate of drug-likeness (QED) is 0.277. The van der Waals surface area contributed by atoms with Gasteiger partial charge in [0.15, 0.2) is 0 Å². The highest BCUT2D eigenvalue weighted by Crippen LogP contribution is 2.56. The van der Waals surface area contributed by atoms with E-state index in [9.17, 15) is 4.79 Å². The van der Waals surface area contributed by atoms with Gasteiger partial charge in [-0.15, -0.1) is 0 Å². The number of rotatable bonds is 9. The molecule has 1 aromatic carbocycles. The second-order valence-corrected chi connectivity index (χ2v) is 16.2. The van der Waals surface area contributed by atoms with Crippen LogP contribution in [0.5, 0.6) is 0 Å². The monoisotopic (exact) mass is 686 g/mol. The largest absolute Gasteiger partial charge is 0.497 e. The van der Waals surface area contributed by atoms with Crippen LogP contribution in [0.25, 0.3) is 5.57 Å². The summed E-state index contributed by atoms with van der Waals surface area (Å²) in [4.78, 5) is 19.5. The molecule has 5 aliphatic rings. The molecular weight excluding hydrogens is 624 g/mol. The van der Waals surface area contributed by atoms with Crippen molar-refractivity contribution in [3.63, 3.8) is 0 Å². The van der Waals surface area contributed by atoms with Crippen molar-refractivity contribution in [1.29, 1.82) is 0 Å². The lowest BCUT2D eigenvalue weighted by Crippen LogP contribution is -2.46. The van der Waals surface area contributed by atoms with E-state index in [4.69, 9.17) is 14.2 Å². The van der Waals surface area contributed by atoms with Gasteiger partial charge < -0.3 is 34.6 Å². The van der Waals surface area contributed by atoms with E-state index in [0.717, 1.165) is 104 Å².